The van der Waals surface area contributed by atoms with E-state index in [1.165, 1.54) is 0 Å². The smallest absolute Gasteiger partial charge is 0.276 e. The van der Waals surface area contributed by atoms with Crippen molar-refractivity contribution >= 4 is 62.5 Å². The number of rotatable bonds is 8. The lowest BCUT2D eigenvalue weighted by Crippen LogP contribution is -2.48. The summed E-state index contributed by atoms with van der Waals surface area (Å²) in [6.45, 7) is 10.5. The van der Waals surface area contributed by atoms with Crippen LogP contribution in [0.2, 0.25) is 5.02 Å². The van der Waals surface area contributed by atoms with Crippen LogP contribution in [-0.4, -0.2) is 42.8 Å². The highest BCUT2D eigenvalue weighted by Gasteiger charge is 2.42. The fraction of sp³-hybridized carbons (Fsp3) is 0.308. The summed E-state index contributed by atoms with van der Waals surface area (Å²) in [5.74, 6) is 0.0179. The van der Waals surface area contributed by atoms with Crippen LogP contribution in [0.15, 0.2) is 54.6 Å². The van der Waals surface area contributed by atoms with Gasteiger partial charge in [0, 0.05) is 46.7 Å². The number of fused-ring (bicyclic) bond motifs is 4. The average Bonchev–Trinajstić information content (AvgIpc) is 3.69. The monoisotopic (exact) mass is 710 g/mol. The molecule has 0 radical (unpaired) electrons. The number of carbonyl (C=O) groups excluding carboxylic acids is 2. The van der Waals surface area contributed by atoms with E-state index in [0.717, 1.165) is 71.8 Å². The molecule has 1 aliphatic heterocycles. The van der Waals surface area contributed by atoms with Crippen molar-refractivity contribution in [2.24, 2.45) is 19.8 Å². The summed E-state index contributed by atoms with van der Waals surface area (Å²) in [5.41, 5.74) is 15.2. The van der Waals surface area contributed by atoms with E-state index in [1.807, 2.05) is 62.8 Å². The molecule has 0 spiro atoms. The van der Waals surface area contributed by atoms with Crippen LogP contribution in [-0.2, 0) is 20.5 Å². The first-order chi connectivity index (χ1) is 23.8. The van der Waals surface area contributed by atoms with Crippen LogP contribution in [0.1, 0.15) is 68.4 Å². The molecule has 9 nitrogen and oxygen atoms in total. The molecular formula is C39H40Cl2N6O3. The molecule has 0 fully saturated rings. The quantitative estimate of drug-likeness (QED) is 0.0975. The van der Waals surface area contributed by atoms with Crippen LogP contribution in [0, 0.1) is 27.7 Å². The van der Waals surface area contributed by atoms with Crippen LogP contribution in [0.4, 0.5) is 5.69 Å². The Morgan fingerprint density at radius 3 is 2.36 bits per heavy atom. The number of ether oxygens (including phenoxy) is 1. The number of amides is 2. The van der Waals surface area contributed by atoms with Crippen molar-refractivity contribution in [1.82, 2.24) is 18.9 Å². The molecule has 7 rings (SSSR count). The van der Waals surface area contributed by atoms with Gasteiger partial charge in [-0.05, 0) is 94.5 Å². The van der Waals surface area contributed by atoms with Crippen molar-refractivity contribution in [2.45, 2.75) is 59.0 Å². The number of halogens is 2. The molecule has 6 aromatic rings. The number of nitrogens with two attached hydrogens (primary N) is 1. The molecular weight excluding hydrogens is 671 g/mol. The van der Waals surface area contributed by atoms with E-state index in [0.29, 0.717) is 36.5 Å². The number of benzene rings is 3. The van der Waals surface area contributed by atoms with Gasteiger partial charge in [0.05, 0.1) is 35.1 Å². The number of alkyl halides is 1. The van der Waals surface area contributed by atoms with Gasteiger partial charge in [0.25, 0.3) is 11.8 Å². The summed E-state index contributed by atoms with van der Waals surface area (Å²) in [5, 5.41) is 7.18. The number of aromatic nitrogens is 4. The molecule has 11 heteroatoms. The van der Waals surface area contributed by atoms with E-state index in [4.69, 9.17) is 38.8 Å². The first-order valence-electron chi connectivity index (χ1n) is 16.7. The summed E-state index contributed by atoms with van der Waals surface area (Å²) in [6.07, 6.45) is 1.27. The van der Waals surface area contributed by atoms with Gasteiger partial charge in [-0.25, -0.2) is 0 Å². The zero-order valence-electron chi connectivity index (χ0n) is 29.3. The minimum atomic E-state index is -0.731. The molecule has 1 unspecified atom stereocenters. The molecule has 258 valence electrons. The number of aryl methyl sites for hydroxylation is 6. The van der Waals surface area contributed by atoms with Crippen LogP contribution in [0.5, 0.6) is 5.75 Å². The Bertz CT molecular complexity index is 2340. The maximum absolute atomic E-state index is 15.0. The van der Waals surface area contributed by atoms with Crippen LogP contribution in [0.3, 0.4) is 0 Å². The van der Waals surface area contributed by atoms with Crippen LogP contribution in [0.25, 0.3) is 32.9 Å². The lowest BCUT2D eigenvalue weighted by Gasteiger charge is -2.39. The molecule has 0 bridgehead atoms. The van der Waals surface area contributed by atoms with Crippen molar-refractivity contribution in [3.05, 3.63) is 99.1 Å². The number of hydrogen-bond donors (Lipinski definition) is 1. The Hall–Kier alpha value is -4.73. The topological polar surface area (TPSA) is 100 Å². The molecule has 0 saturated heterocycles. The van der Waals surface area contributed by atoms with E-state index >= 15 is 4.79 Å². The number of primary amides is 1. The van der Waals surface area contributed by atoms with Crippen LogP contribution >= 0.6 is 23.2 Å². The van der Waals surface area contributed by atoms with Crippen molar-refractivity contribution in [3.8, 4) is 16.9 Å². The van der Waals surface area contributed by atoms with Crippen LogP contribution < -0.4 is 15.4 Å². The highest BCUT2D eigenvalue weighted by molar-refractivity contribution is 6.32. The van der Waals surface area contributed by atoms with Gasteiger partial charge >= 0.3 is 0 Å². The van der Waals surface area contributed by atoms with Gasteiger partial charge in [-0.2, -0.15) is 5.10 Å². The normalized spacial score (nSPS) is 16.1. The summed E-state index contributed by atoms with van der Waals surface area (Å²) in [7, 11) is 3.74. The van der Waals surface area contributed by atoms with Gasteiger partial charge in [-0.15, -0.1) is 0 Å². The van der Waals surface area contributed by atoms with Gasteiger partial charge in [0.1, 0.15) is 22.6 Å². The number of nitrogens with zero attached hydrogens (tertiary/aromatic N) is 5. The second-order valence-corrected chi connectivity index (χ2v) is 14.2. The second kappa shape index (κ2) is 12.5. The summed E-state index contributed by atoms with van der Waals surface area (Å²) in [6, 6.07) is 17.2. The zero-order valence-corrected chi connectivity index (χ0v) is 30.8. The number of hydrogen-bond acceptors (Lipinski definition) is 4. The molecule has 50 heavy (non-hydrogen) atoms. The predicted octanol–water partition coefficient (Wildman–Crippen LogP) is 8.32. The first-order valence-corrected chi connectivity index (χ1v) is 17.5. The zero-order chi connectivity index (χ0) is 35.8. The van der Waals surface area contributed by atoms with Crippen molar-refractivity contribution in [3.63, 3.8) is 0 Å². The summed E-state index contributed by atoms with van der Waals surface area (Å²) < 4.78 is 12.0. The number of anilines is 1. The Balaban J connectivity index is 1.38. The van der Waals surface area contributed by atoms with Crippen molar-refractivity contribution in [2.75, 3.05) is 11.5 Å². The summed E-state index contributed by atoms with van der Waals surface area (Å²) in [4.78, 5) is 29.0. The Labute approximate surface area is 301 Å². The average molecular weight is 712 g/mol. The number of carbonyl (C=O) groups is 2. The summed E-state index contributed by atoms with van der Waals surface area (Å²) >= 11 is 13.7. The third-order valence-electron chi connectivity index (χ3n) is 10.2. The molecule has 3 aromatic heterocycles. The standard InChI is InChI=1S/C39H40Cl2N6O3/c1-20-17-25(18-21(2)34(20)40)50-16-10-13-27-26-11-8-12-28(33-22(3)43-45(7)23(33)4)35(26)46-24(5)37(41)47(39(49)36(27)46)31-15-9-14-30-29(31)19-32(38(42)48)44(30)6/h8-9,11-12,14-15,17-19,24,37H,10,13,16H2,1-7H3,(H2,42,48)/t24-,37?/m1/s1. The predicted molar refractivity (Wildman–Crippen MR) is 201 cm³/mol. The fourth-order valence-corrected chi connectivity index (χ4v) is 8.13. The van der Waals surface area contributed by atoms with E-state index in [-0.39, 0.29) is 11.9 Å². The van der Waals surface area contributed by atoms with Gasteiger partial charge in [0.2, 0.25) is 0 Å². The third-order valence-corrected chi connectivity index (χ3v) is 11.4. The van der Waals surface area contributed by atoms with Crippen molar-refractivity contribution in [1.29, 1.82) is 0 Å². The highest BCUT2D eigenvalue weighted by atomic mass is 35.5. The van der Waals surface area contributed by atoms with Gasteiger partial charge in [-0.3, -0.25) is 19.2 Å². The SMILES string of the molecule is Cc1cc(OCCCc2c3n(c4c(-c5c(C)nn(C)c5C)cccc24)[C@H](C)C(Cl)N(c2cccc4c2cc(C(N)=O)n4C)C3=O)cc(C)c1Cl. The molecule has 3 aromatic carbocycles. The van der Waals surface area contributed by atoms with E-state index < -0.39 is 11.4 Å². The first kappa shape index (κ1) is 33.8. The Morgan fingerprint density at radius 2 is 1.70 bits per heavy atom. The van der Waals surface area contributed by atoms with Gasteiger partial charge < -0.3 is 19.6 Å². The van der Waals surface area contributed by atoms with E-state index in [9.17, 15) is 4.79 Å². The van der Waals surface area contributed by atoms with E-state index in [2.05, 4.69) is 36.6 Å². The lowest BCUT2D eigenvalue weighted by atomic mass is 9.98. The maximum Gasteiger partial charge on any atom is 0.276 e. The Morgan fingerprint density at radius 1 is 1.00 bits per heavy atom. The molecule has 0 saturated carbocycles. The van der Waals surface area contributed by atoms with Gasteiger partial charge in [0.15, 0.2) is 0 Å². The van der Waals surface area contributed by atoms with Gasteiger partial charge in [-0.1, -0.05) is 47.5 Å². The number of para-hydroxylation sites is 1. The molecule has 2 amide bonds. The minimum absolute atomic E-state index is 0.207. The minimum Gasteiger partial charge on any atom is -0.494 e. The molecule has 2 atom stereocenters. The highest BCUT2D eigenvalue weighted by Crippen LogP contribution is 2.45. The molecule has 1 aliphatic rings. The maximum atomic E-state index is 15.0. The van der Waals surface area contributed by atoms with E-state index in [1.54, 1.807) is 22.6 Å². The second-order valence-electron chi connectivity index (χ2n) is 13.3. The molecule has 0 aliphatic carbocycles. The lowest BCUT2D eigenvalue weighted by molar-refractivity contribution is 0.0949. The fourth-order valence-electron chi connectivity index (χ4n) is 7.72. The largest absolute Gasteiger partial charge is 0.494 e. The Kier molecular flexibility index (Phi) is 8.47. The molecule has 2 N–H and O–H groups in total. The van der Waals surface area contributed by atoms with Crippen molar-refractivity contribution < 1.29 is 14.3 Å². The third kappa shape index (κ3) is 5.17. The molecule has 4 heterocycles.